The zero-order valence-corrected chi connectivity index (χ0v) is 26.7. The third-order valence-electron chi connectivity index (χ3n) is 9.21. The zero-order valence-electron chi connectivity index (χ0n) is 26.7. The molecule has 1 saturated heterocycles. The summed E-state index contributed by atoms with van der Waals surface area (Å²) in [7, 11) is 3.00. The summed E-state index contributed by atoms with van der Waals surface area (Å²) in [5, 5.41) is 3.04. The van der Waals surface area contributed by atoms with Crippen molar-refractivity contribution in [2.24, 2.45) is 5.92 Å². The normalized spacial score (nSPS) is 20.3. The number of methoxy groups -OCH3 is 2. The first-order valence-corrected chi connectivity index (χ1v) is 16.0. The highest BCUT2D eigenvalue weighted by Crippen LogP contribution is 2.31. The lowest BCUT2D eigenvalue weighted by Crippen LogP contribution is -2.50. The van der Waals surface area contributed by atoms with Gasteiger partial charge in [-0.15, -0.1) is 0 Å². The molecule has 1 aliphatic heterocycles. The van der Waals surface area contributed by atoms with Crippen LogP contribution in [0.15, 0.2) is 40.8 Å². The fraction of sp³-hybridized carbons (Fsp3) is 0.559. The maximum absolute atomic E-state index is 15.6. The SMILES string of the molecule is CCN(C[C@H](OC1CCC(C(=O)OC)CC1)N1CCCC1)[C@@H](C)C(=O)Cc1ccc2nc(Nc3ccccc3OC)oc2c1F. The van der Waals surface area contributed by atoms with Crippen molar-refractivity contribution in [3.63, 3.8) is 0 Å². The molecule has 2 aromatic carbocycles. The van der Waals surface area contributed by atoms with Crippen molar-refractivity contribution in [1.82, 2.24) is 14.8 Å². The van der Waals surface area contributed by atoms with Crippen LogP contribution in [0.5, 0.6) is 5.75 Å². The third kappa shape index (κ3) is 7.82. The number of nitrogens with zero attached hydrogens (tertiary/aromatic N) is 3. The Hall–Kier alpha value is -3.54. The molecule has 0 spiro atoms. The molecule has 244 valence electrons. The Morgan fingerprint density at radius 1 is 1.11 bits per heavy atom. The number of nitrogens with one attached hydrogen (secondary N) is 1. The second-order valence-electron chi connectivity index (χ2n) is 12.0. The highest BCUT2D eigenvalue weighted by atomic mass is 19.1. The number of halogens is 1. The second kappa shape index (κ2) is 15.2. The van der Waals surface area contributed by atoms with Gasteiger partial charge in [-0.1, -0.05) is 25.1 Å². The summed E-state index contributed by atoms with van der Waals surface area (Å²) in [6.07, 6.45) is 5.22. The van der Waals surface area contributed by atoms with Crippen molar-refractivity contribution in [2.75, 3.05) is 45.7 Å². The van der Waals surface area contributed by atoms with Crippen LogP contribution in [0.25, 0.3) is 11.1 Å². The molecule has 10 nitrogen and oxygen atoms in total. The number of oxazole rings is 1. The Morgan fingerprint density at radius 2 is 1.84 bits per heavy atom. The van der Waals surface area contributed by atoms with Crippen molar-refractivity contribution in [3.05, 3.63) is 47.8 Å². The summed E-state index contributed by atoms with van der Waals surface area (Å²) >= 11 is 0. The van der Waals surface area contributed by atoms with E-state index in [4.69, 9.17) is 18.6 Å². The maximum Gasteiger partial charge on any atom is 0.308 e. The molecule has 1 saturated carbocycles. The Balaban J connectivity index is 1.24. The number of carbonyl (C=O) groups is 2. The van der Waals surface area contributed by atoms with Crippen LogP contribution in [0.1, 0.15) is 57.9 Å². The van der Waals surface area contributed by atoms with E-state index in [2.05, 4.69) is 20.1 Å². The van der Waals surface area contributed by atoms with Gasteiger partial charge < -0.3 is 23.9 Å². The van der Waals surface area contributed by atoms with E-state index in [-0.39, 0.29) is 53.6 Å². The number of hydrogen-bond acceptors (Lipinski definition) is 10. The number of ketones is 1. The summed E-state index contributed by atoms with van der Waals surface area (Å²) in [6.45, 7) is 7.05. The Kier molecular flexibility index (Phi) is 11.1. The van der Waals surface area contributed by atoms with Gasteiger partial charge in [0.25, 0.3) is 6.01 Å². The summed E-state index contributed by atoms with van der Waals surface area (Å²) in [4.78, 5) is 34.4. The van der Waals surface area contributed by atoms with E-state index in [0.29, 0.717) is 30.0 Å². The predicted octanol–water partition coefficient (Wildman–Crippen LogP) is 5.71. The van der Waals surface area contributed by atoms with E-state index in [0.717, 1.165) is 51.6 Å². The summed E-state index contributed by atoms with van der Waals surface area (Å²) in [6, 6.07) is 10.3. The van der Waals surface area contributed by atoms with Gasteiger partial charge in [-0.3, -0.25) is 19.4 Å². The largest absolute Gasteiger partial charge is 0.495 e. The Bertz CT molecular complexity index is 1450. The lowest BCUT2D eigenvalue weighted by atomic mass is 9.87. The Labute approximate surface area is 264 Å². The van der Waals surface area contributed by atoms with Gasteiger partial charge in [0.2, 0.25) is 0 Å². The van der Waals surface area contributed by atoms with Gasteiger partial charge in [-0.25, -0.2) is 4.39 Å². The maximum atomic E-state index is 15.6. The van der Waals surface area contributed by atoms with Crippen LogP contribution in [0.4, 0.5) is 16.1 Å². The van der Waals surface area contributed by atoms with E-state index in [1.54, 1.807) is 25.3 Å². The molecule has 45 heavy (non-hydrogen) atoms. The molecule has 11 heteroatoms. The predicted molar refractivity (Wildman–Crippen MR) is 169 cm³/mol. The average molecular weight is 625 g/mol. The van der Waals surface area contributed by atoms with Crippen molar-refractivity contribution in [1.29, 1.82) is 0 Å². The van der Waals surface area contributed by atoms with Gasteiger partial charge in [0, 0.05) is 26.1 Å². The molecule has 1 aromatic heterocycles. The summed E-state index contributed by atoms with van der Waals surface area (Å²) < 4.78 is 38.4. The molecule has 2 aliphatic rings. The molecule has 0 bridgehead atoms. The second-order valence-corrected chi connectivity index (χ2v) is 12.0. The van der Waals surface area contributed by atoms with E-state index in [1.807, 2.05) is 32.0 Å². The van der Waals surface area contributed by atoms with E-state index in [1.165, 1.54) is 7.11 Å². The fourth-order valence-corrected chi connectivity index (χ4v) is 6.45. The first-order valence-electron chi connectivity index (χ1n) is 16.0. The number of likely N-dealkylation sites (N-methyl/N-ethyl adjacent to an activating group) is 1. The number of anilines is 2. The van der Waals surface area contributed by atoms with Crippen LogP contribution in [-0.2, 0) is 25.5 Å². The zero-order chi connectivity index (χ0) is 31.9. The topological polar surface area (TPSA) is 106 Å². The lowest BCUT2D eigenvalue weighted by Gasteiger charge is -2.38. The van der Waals surface area contributed by atoms with Crippen molar-refractivity contribution >= 4 is 34.6 Å². The number of hydrogen-bond donors (Lipinski definition) is 1. The highest BCUT2D eigenvalue weighted by Gasteiger charge is 2.33. The lowest BCUT2D eigenvalue weighted by molar-refractivity contribution is -0.150. The van der Waals surface area contributed by atoms with Crippen LogP contribution in [0.2, 0.25) is 0 Å². The number of Topliss-reactive ketones (excluding diaryl/α,β-unsaturated/α-hetero) is 1. The van der Waals surface area contributed by atoms with Gasteiger partial charge >= 0.3 is 5.97 Å². The third-order valence-corrected chi connectivity index (χ3v) is 9.21. The fourth-order valence-electron chi connectivity index (χ4n) is 6.45. The minimum absolute atomic E-state index is 0.00196. The number of carbonyl (C=O) groups excluding carboxylic acids is 2. The number of esters is 1. The number of likely N-dealkylation sites (tertiary alicyclic amines) is 1. The molecule has 3 aromatic rings. The molecule has 2 fully saturated rings. The average Bonchev–Trinajstić information content (AvgIpc) is 3.75. The molecule has 1 aliphatic carbocycles. The van der Waals surface area contributed by atoms with Gasteiger partial charge in [-0.2, -0.15) is 4.98 Å². The number of fused-ring (bicyclic) bond motifs is 1. The molecule has 0 radical (unpaired) electrons. The highest BCUT2D eigenvalue weighted by molar-refractivity contribution is 5.87. The number of benzene rings is 2. The smallest absolute Gasteiger partial charge is 0.308 e. The Morgan fingerprint density at radius 3 is 2.53 bits per heavy atom. The monoisotopic (exact) mass is 624 g/mol. The molecule has 2 heterocycles. The standard InChI is InChI=1S/C34H45FN4O6/c1-5-38(21-30(39-18-8-9-19-39)44-25-15-12-23(13-16-25)33(41)43-4)22(2)28(40)20-24-14-17-27-32(31(24)35)45-34(37-27)36-26-10-6-7-11-29(26)42-3/h6-7,10-11,14,17,22-23,25,30H,5,8-9,12-13,15-16,18-21H2,1-4H3,(H,36,37)/t22-,23?,25?,30-/m0/s1. The molecule has 0 amide bonds. The van der Waals surface area contributed by atoms with E-state index in [9.17, 15) is 9.59 Å². The molecule has 2 atom stereocenters. The molecule has 5 rings (SSSR count). The van der Waals surface area contributed by atoms with Crippen LogP contribution in [0, 0.1) is 11.7 Å². The van der Waals surface area contributed by atoms with E-state index < -0.39 is 11.9 Å². The van der Waals surface area contributed by atoms with Crippen LogP contribution in [0.3, 0.4) is 0 Å². The van der Waals surface area contributed by atoms with Crippen molar-refractivity contribution < 1.29 is 32.6 Å². The number of aromatic nitrogens is 1. The molecular weight excluding hydrogens is 579 g/mol. The summed E-state index contributed by atoms with van der Waals surface area (Å²) in [5.74, 6) is -0.267. The van der Waals surface area contributed by atoms with Crippen LogP contribution >= 0.6 is 0 Å². The molecular formula is C34H45FN4O6. The van der Waals surface area contributed by atoms with Crippen LogP contribution in [-0.4, -0.2) is 85.3 Å². The van der Waals surface area contributed by atoms with Crippen molar-refractivity contribution in [3.8, 4) is 5.75 Å². The number of rotatable bonds is 14. The van der Waals surface area contributed by atoms with Crippen molar-refractivity contribution in [2.45, 2.75) is 77.2 Å². The van der Waals surface area contributed by atoms with Gasteiger partial charge in [0.15, 0.2) is 17.2 Å². The number of ether oxygens (including phenoxy) is 3. The van der Waals surface area contributed by atoms with Gasteiger partial charge in [0.05, 0.1) is 38.0 Å². The summed E-state index contributed by atoms with van der Waals surface area (Å²) in [5.41, 5.74) is 1.27. The van der Waals surface area contributed by atoms with E-state index >= 15 is 4.39 Å². The number of para-hydroxylation sites is 2. The minimum Gasteiger partial charge on any atom is -0.495 e. The first-order chi connectivity index (χ1) is 21.8. The van der Waals surface area contributed by atoms with Gasteiger partial charge in [0.1, 0.15) is 17.5 Å². The first kappa shape index (κ1) is 32.8. The van der Waals surface area contributed by atoms with Gasteiger partial charge in [-0.05, 0) is 75.8 Å². The quantitative estimate of drug-likeness (QED) is 0.224. The van der Waals surface area contributed by atoms with Crippen LogP contribution < -0.4 is 10.1 Å². The minimum atomic E-state index is -0.586. The molecule has 0 unspecified atom stereocenters. The molecule has 1 N–H and O–H groups in total.